The second-order valence-corrected chi connectivity index (χ2v) is 5.13. The molecule has 0 aliphatic heterocycles. The molecule has 0 fully saturated rings. The summed E-state index contributed by atoms with van der Waals surface area (Å²) in [5.74, 6) is -0.0516. The van der Waals surface area contributed by atoms with Crippen molar-refractivity contribution in [1.29, 1.82) is 0 Å². The topological polar surface area (TPSA) is 30.0 Å². The number of pyridine rings is 1. The Kier molecular flexibility index (Phi) is 3.13. The molecular weight excluding hydrogens is 302 g/mol. The van der Waals surface area contributed by atoms with Crippen molar-refractivity contribution >= 4 is 32.5 Å². The number of nitrogens with zero attached hydrogens (tertiary/aromatic N) is 1. The number of carbonyl (C=O) groups is 1. The first kappa shape index (κ1) is 12.1. The van der Waals surface area contributed by atoms with E-state index in [4.69, 9.17) is 0 Å². The minimum Gasteiger partial charge on any atom is -0.287 e. The molecule has 0 amide bonds. The quantitative estimate of drug-likeness (QED) is 0.663. The monoisotopic (exact) mass is 311 g/mol. The number of ketones is 1. The minimum atomic E-state index is -0.0516. The highest BCUT2D eigenvalue weighted by Gasteiger charge is 2.13. The first-order chi connectivity index (χ1) is 9.25. The fourth-order valence-corrected chi connectivity index (χ4v) is 2.31. The van der Waals surface area contributed by atoms with E-state index >= 15 is 0 Å². The smallest absolute Gasteiger partial charge is 0.211 e. The van der Waals surface area contributed by atoms with Gasteiger partial charge in [0.15, 0.2) is 0 Å². The Hall–Kier alpha value is -2.00. The van der Waals surface area contributed by atoms with E-state index in [0.29, 0.717) is 11.3 Å². The second-order valence-electron chi connectivity index (χ2n) is 4.22. The largest absolute Gasteiger partial charge is 0.287 e. The summed E-state index contributed by atoms with van der Waals surface area (Å²) in [5, 5.41) is 2.02. The van der Waals surface area contributed by atoms with Crippen molar-refractivity contribution in [1.82, 2.24) is 4.98 Å². The maximum atomic E-state index is 12.5. The van der Waals surface area contributed by atoms with Crippen LogP contribution in [0.5, 0.6) is 0 Å². The molecule has 0 atom stereocenters. The molecule has 3 aromatic rings. The van der Waals surface area contributed by atoms with Crippen LogP contribution in [0.15, 0.2) is 65.3 Å². The van der Waals surface area contributed by atoms with E-state index in [2.05, 4.69) is 20.9 Å². The predicted molar refractivity (Wildman–Crippen MR) is 79.3 cm³/mol. The highest BCUT2D eigenvalue weighted by atomic mass is 79.9. The predicted octanol–water partition coefficient (Wildman–Crippen LogP) is 4.23. The highest BCUT2D eigenvalue weighted by Crippen LogP contribution is 2.21. The average molecular weight is 312 g/mol. The molecule has 3 heteroatoms. The van der Waals surface area contributed by atoms with Crippen molar-refractivity contribution in [2.24, 2.45) is 0 Å². The molecule has 92 valence electrons. The second kappa shape index (κ2) is 4.94. The van der Waals surface area contributed by atoms with Gasteiger partial charge in [0.2, 0.25) is 5.78 Å². The lowest BCUT2D eigenvalue weighted by molar-refractivity contribution is 0.103. The zero-order chi connectivity index (χ0) is 13.2. The first-order valence-electron chi connectivity index (χ1n) is 5.90. The van der Waals surface area contributed by atoms with Crippen LogP contribution in [0.3, 0.4) is 0 Å². The standard InChI is InChI=1S/C16H10BrNO/c17-12-8-9-15(18-10-12)16(19)14-7-3-5-11-4-1-2-6-13(11)14/h1-10H. The molecule has 0 aliphatic rings. The van der Waals surface area contributed by atoms with Crippen LogP contribution in [0.1, 0.15) is 16.1 Å². The van der Waals surface area contributed by atoms with Gasteiger partial charge in [-0.1, -0.05) is 42.5 Å². The van der Waals surface area contributed by atoms with Crippen LogP contribution in [-0.2, 0) is 0 Å². The van der Waals surface area contributed by atoms with Crippen LogP contribution >= 0.6 is 15.9 Å². The zero-order valence-corrected chi connectivity index (χ0v) is 11.6. The number of aromatic nitrogens is 1. The van der Waals surface area contributed by atoms with Gasteiger partial charge in [0, 0.05) is 16.2 Å². The molecule has 0 unspecified atom stereocenters. The van der Waals surface area contributed by atoms with E-state index in [1.807, 2.05) is 48.5 Å². The van der Waals surface area contributed by atoms with Gasteiger partial charge in [-0.05, 0) is 38.8 Å². The van der Waals surface area contributed by atoms with E-state index in [9.17, 15) is 4.79 Å². The van der Waals surface area contributed by atoms with Crippen LogP contribution in [0.2, 0.25) is 0 Å². The number of benzene rings is 2. The molecule has 0 spiro atoms. The number of hydrogen-bond donors (Lipinski definition) is 0. The van der Waals surface area contributed by atoms with Crippen LogP contribution in [0.4, 0.5) is 0 Å². The van der Waals surface area contributed by atoms with Gasteiger partial charge < -0.3 is 0 Å². The Morgan fingerprint density at radius 2 is 1.74 bits per heavy atom. The van der Waals surface area contributed by atoms with Crippen LogP contribution in [0, 0.1) is 0 Å². The average Bonchev–Trinajstić information content (AvgIpc) is 2.47. The van der Waals surface area contributed by atoms with Crippen molar-refractivity contribution in [2.75, 3.05) is 0 Å². The van der Waals surface area contributed by atoms with Gasteiger partial charge in [0.25, 0.3) is 0 Å². The lowest BCUT2D eigenvalue weighted by Crippen LogP contribution is -2.04. The molecule has 0 N–H and O–H groups in total. The SMILES string of the molecule is O=C(c1ccc(Br)cn1)c1cccc2ccccc12. The van der Waals surface area contributed by atoms with Gasteiger partial charge in [-0.3, -0.25) is 9.78 Å². The summed E-state index contributed by atoms with van der Waals surface area (Å²) in [6.45, 7) is 0. The Bertz CT molecular complexity index is 745. The maximum absolute atomic E-state index is 12.5. The number of carbonyl (C=O) groups excluding carboxylic acids is 1. The first-order valence-corrected chi connectivity index (χ1v) is 6.69. The van der Waals surface area contributed by atoms with E-state index < -0.39 is 0 Å². The van der Waals surface area contributed by atoms with E-state index in [1.54, 1.807) is 12.3 Å². The summed E-state index contributed by atoms with van der Waals surface area (Å²) in [5.41, 5.74) is 1.15. The van der Waals surface area contributed by atoms with E-state index in [1.165, 1.54) is 0 Å². The van der Waals surface area contributed by atoms with E-state index in [-0.39, 0.29) is 5.78 Å². The molecule has 19 heavy (non-hydrogen) atoms. The third kappa shape index (κ3) is 2.29. The summed E-state index contributed by atoms with van der Waals surface area (Å²) in [4.78, 5) is 16.7. The molecule has 3 rings (SSSR count). The Morgan fingerprint density at radius 1 is 0.947 bits per heavy atom. The third-order valence-electron chi connectivity index (χ3n) is 2.99. The normalized spacial score (nSPS) is 10.6. The molecule has 2 aromatic carbocycles. The summed E-state index contributed by atoms with van der Waals surface area (Å²) in [6.07, 6.45) is 1.64. The molecule has 0 saturated carbocycles. The highest BCUT2D eigenvalue weighted by molar-refractivity contribution is 9.10. The molecule has 0 radical (unpaired) electrons. The van der Waals surface area contributed by atoms with Gasteiger partial charge in [0.1, 0.15) is 5.69 Å². The Balaban J connectivity index is 2.14. The third-order valence-corrected chi connectivity index (χ3v) is 3.46. The van der Waals surface area contributed by atoms with Crippen molar-refractivity contribution in [2.45, 2.75) is 0 Å². The number of halogens is 1. The van der Waals surface area contributed by atoms with Gasteiger partial charge in [-0.15, -0.1) is 0 Å². The van der Waals surface area contributed by atoms with Crippen LogP contribution in [-0.4, -0.2) is 10.8 Å². The zero-order valence-electron chi connectivity index (χ0n) is 10.0. The molecule has 2 nitrogen and oxygen atoms in total. The molecular formula is C16H10BrNO. The van der Waals surface area contributed by atoms with Gasteiger partial charge in [-0.25, -0.2) is 0 Å². The minimum absolute atomic E-state index is 0.0516. The van der Waals surface area contributed by atoms with Crippen LogP contribution in [0.25, 0.3) is 10.8 Å². The number of rotatable bonds is 2. The fraction of sp³-hybridized carbons (Fsp3) is 0. The summed E-state index contributed by atoms with van der Waals surface area (Å²) >= 11 is 3.32. The Morgan fingerprint density at radius 3 is 2.53 bits per heavy atom. The van der Waals surface area contributed by atoms with Gasteiger partial charge in [-0.2, -0.15) is 0 Å². The van der Waals surface area contributed by atoms with Crippen molar-refractivity contribution < 1.29 is 4.79 Å². The van der Waals surface area contributed by atoms with Crippen molar-refractivity contribution in [3.05, 3.63) is 76.5 Å². The van der Waals surface area contributed by atoms with Gasteiger partial charge >= 0.3 is 0 Å². The molecule has 0 saturated heterocycles. The fourth-order valence-electron chi connectivity index (χ4n) is 2.07. The lowest BCUT2D eigenvalue weighted by atomic mass is 10.00. The van der Waals surface area contributed by atoms with Crippen molar-refractivity contribution in [3.8, 4) is 0 Å². The Labute approximate surface area is 119 Å². The molecule has 1 aromatic heterocycles. The van der Waals surface area contributed by atoms with Crippen LogP contribution < -0.4 is 0 Å². The van der Waals surface area contributed by atoms with Gasteiger partial charge in [0.05, 0.1) is 0 Å². The summed E-state index contributed by atoms with van der Waals surface area (Å²) in [7, 11) is 0. The maximum Gasteiger partial charge on any atom is 0.211 e. The lowest BCUT2D eigenvalue weighted by Gasteiger charge is -2.05. The molecule has 1 heterocycles. The number of hydrogen-bond acceptors (Lipinski definition) is 2. The molecule has 0 aliphatic carbocycles. The van der Waals surface area contributed by atoms with E-state index in [0.717, 1.165) is 15.2 Å². The summed E-state index contributed by atoms with van der Waals surface area (Å²) in [6, 6.07) is 17.2. The molecule has 0 bridgehead atoms. The summed E-state index contributed by atoms with van der Waals surface area (Å²) < 4.78 is 0.863. The van der Waals surface area contributed by atoms with Crippen molar-refractivity contribution in [3.63, 3.8) is 0 Å². The number of fused-ring (bicyclic) bond motifs is 1.